The molecule has 0 atom stereocenters. The highest BCUT2D eigenvalue weighted by Crippen LogP contribution is 2.27. The minimum Gasteiger partial charge on any atom is -0.398 e. The van der Waals surface area contributed by atoms with Crippen molar-refractivity contribution in [3.8, 4) is 11.4 Å². The van der Waals surface area contributed by atoms with Gasteiger partial charge >= 0.3 is 0 Å². The summed E-state index contributed by atoms with van der Waals surface area (Å²) in [6, 6.07) is 5.87. The summed E-state index contributed by atoms with van der Waals surface area (Å²) in [6.45, 7) is 7.36. The molecule has 0 unspecified atom stereocenters. The number of nitrogen functional groups attached to an aromatic ring is 1. The number of tetrazole rings is 1. The third-order valence-corrected chi connectivity index (χ3v) is 3.46. The van der Waals surface area contributed by atoms with Gasteiger partial charge in [0.2, 0.25) is 0 Å². The van der Waals surface area contributed by atoms with Crippen molar-refractivity contribution in [1.82, 2.24) is 20.2 Å². The normalized spacial score (nSPS) is 11.2. The number of anilines is 1. The summed E-state index contributed by atoms with van der Waals surface area (Å²) >= 11 is 0. The Labute approximate surface area is 120 Å². The molecule has 108 valence electrons. The van der Waals surface area contributed by atoms with Crippen molar-refractivity contribution in [1.29, 1.82) is 0 Å². The first-order valence-electron chi connectivity index (χ1n) is 7.21. The predicted octanol–water partition coefficient (Wildman–Crippen LogP) is 3.06. The number of nitrogens with zero attached hydrogens (tertiary/aromatic N) is 4. The Morgan fingerprint density at radius 1 is 1.25 bits per heavy atom. The number of hydrogen-bond acceptors (Lipinski definition) is 4. The van der Waals surface area contributed by atoms with Crippen LogP contribution in [0.5, 0.6) is 0 Å². The van der Waals surface area contributed by atoms with E-state index in [4.69, 9.17) is 5.73 Å². The summed E-state index contributed by atoms with van der Waals surface area (Å²) in [6.07, 6.45) is 3.52. The van der Waals surface area contributed by atoms with E-state index in [1.807, 2.05) is 29.8 Å². The van der Waals surface area contributed by atoms with Gasteiger partial charge in [0.25, 0.3) is 0 Å². The van der Waals surface area contributed by atoms with Gasteiger partial charge in [-0.1, -0.05) is 38.8 Å². The molecule has 2 aromatic rings. The van der Waals surface area contributed by atoms with Crippen LogP contribution in [0.2, 0.25) is 0 Å². The van der Waals surface area contributed by atoms with Gasteiger partial charge in [-0.15, -0.1) is 5.10 Å². The van der Waals surface area contributed by atoms with Gasteiger partial charge in [0.1, 0.15) is 0 Å². The fraction of sp³-hybridized carbons (Fsp3) is 0.533. The SMILES string of the molecule is Cc1cccc(N)c1-c1nnnn1CCCCC(C)C. The number of nitrogens with two attached hydrogens (primary N) is 1. The number of aromatic nitrogens is 4. The highest BCUT2D eigenvalue weighted by molar-refractivity contribution is 5.74. The van der Waals surface area contributed by atoms with Crippen LogP contribution in [0.1, 0.15) is 38.7 Å². The van der Waals surface area contributed by atoms with Crippen LogP contribution in [0, 0.1) is 12.8 Å². The quantitative estimate of drug-likeness (QED) is 0.648. The van der Waals surface area contributed by atoms with Gasteiger partial charge < -0.3 is 5.73 Å². The minimum absolute atomic E-state index is 0.725. The highest BCUT2D eigenvalue weighted by atomic mass is 15.5. The number of hydrogen-bond donors (Lipinski definition) is 1. The molecule has 1 heterocycles. The second-order valence-electron chi connectivity index (χ2n) is 5.65. The Morgan fingerprint density at radius 3 is 2.75 bits per heavy atom. The van der Waals surface area contributed by atoms with E-state index in [1.54, 1.807) is 0 Å². The largest absolute Gasteiger partial charge is 0.398 e. The summed E-state index contributed by atoms with van der Waals surface area (Å²) in [7, 11) is 0. The lowest BCUT2D eigenvalue weighted by atomic mass is 10.1. The lowest BCUT2D eigenvalue weighted by Gasteiger charge is -2.10. The standard InChI is InChI=1S/C15H23N5/c1-11(2)7-4-5-10-20-15(17-18-19-20)14-12(3)8-6-9-13(14)16/h6,8-9,11H,4-5,7,10,16H2,1-3H3. The Balaban J connectivity index is 2.12. The van der Waals surface area contributed by atoms with Gasteiger partial charge in [0.15, 0.2) is 5.82 Å². The van der Waals surface area contributed by atoms with E-state index < -0.39 is 0 Å². The van der Waals surface area contributed by atoms with Crippen LogP contribution < -0.4 is 5.73 Å². The third-order valence-electron chi connectivity index (χ3n) is 3.46. The van der Waals surface area contributed by atoms with Crippen LogP contribution >= 0.6 is 0 Å². The molecule has 0 aliphatic rings. The minimum atomic E-state index is 0.725. The number of benzene rings is 1. The van der Waals surface area contributed by atoms with E-state index in [1.165, 1.54) is 12.8 Å². The zero-order valence-electron chi connectivity index (χ0n) is 12.5. The van der Waals surface area contributed by atoms with Crippen LogP contribution in [0.25, 0.3) is 11.4 Å². The first-order valence-corrected chi connectivity index (χ1v) is 7.21. The van der Waals surface area contributed by atoms with Crippen LogP contribution in [0.15, 0.2) is 18.2 Å². The molecule has 0 aliphatic carbocycles. The highest BCUT2D eigenvalue weighted by Gasteiger charge is 2.13. The summed E-state index contributed by atoms with van der Waals surface area (Å²) < 4.78 is 1.86. The lowest BCUT2D eigenvalue weighted by molar-refractivity contribution is 0.487. The first kappa shape index (κ1) is 14.5. The zero-order chi connectivity index (χ0) is 14.5. The van der Waals surface area contributed by atoms with Crippen LogP contribution in [0.4, 0.5) is 5.69 Å². The van der Waals surface area contributed by atoms with E-state index in [0.717, 1.165) is 41.5 Å². The fourth-order valence-corrected chi connectivity index (χ4v) is 2.34. The van der Waals surface area contributed by atoms with Gasteiger partial charge in [0, 0.05) is 17.8 Å². The van der Waals surface area contributed by atoms with Crippen molar-refractivity contribution in [2.45, 2.75) is 46.6 Å². The molecule has 0 amide bonds. The topological polar surface area (TPSA) is 69.6 Å². The summed E-state index contributed by atoms with van der Waals surface area (Å²) in [5, 5.41) is 12.0. The van der Waals surface area contributed by atoms with E-state index in [0.29, 0.717) is 0 Å². The predicted molar refractivity (Wildman–Crippen MR) is 81.1 cm³/mol. The Kier molecular flexibility index (Phi) is 4.71. The van der Waals surface area contributed by atoms with Gasteiger partial charge in [-0.2, -0.15) is 0 Å². The Bertz CT molecular complexity index is 539. The van der Waals surface area contributed by atoms with E-state index in [2.05, 4.69) is 29.4 Å². The Morgan fingerprint density at radius 2 is 2.05 bits per heavy atom. The molecular formula is C15H23N5. The lowest BCUT2D eigenvalue weighted by Crippen LogP contribution is -2.06. The second-order valence-corrected chi connectivity index (χ2v) is 5.65. The molecule has 5 heteroatoms. The molecule has 0 saturated carbocycles. The van der Waals surface area contributed by atoms with Gasteiger partial charge in [-0.05, 0) is 41.3 Å². The van der Waals surface area contributed by atoms with E-state index >= 15 is 0 Å². The van der Waals surface area contributed by atoms with E-state index in [-0.39, 0.29) is 0 Å². The molecule has 5 nitrogen and oxygen atoms in total. The van der Waals surface area contributed by atoms with E-state index in [9.17, 15) is 0 Å². The summed E-state index contributed by atoms with van der Waals surface area (Å²) in [4.78, 5) is 0. The monoisotopic (exact) mass is 273 g/mol. The molecule has 1 aromatic heterocycles. The molecular weight excluding hydrogens is 250 g/mol. The smallest absolute Gasteiger partial charge is 0.184 e. The van der Waals surface area contributed by atoms with Crippen molar-refractivity contribution in [3.05, 3.63) is 23.8 Å². The van der Waals surface area contributed by atoms with Crippen molar-refractivity contribution in [2.75, 3.05) is 5.73 Å². The molecule has 0 fully saturated rings. The van der Waals surface area contributed by atoms with Gasteiger partial charge in [0.05, 0.1) is 0 Å². The maximum absolute atomic E-state index is 6.07. The van der Waals surface area contributed by atoms with Crippen LogP contribution in [-0.2, 0) is 6.54 Å². The maximum atomic E-state index is 6.07. The number of rotatable bonds is 6. The fourth-order valence-electron chi connectivity index (χ4n) is 2.34. The molecule has 0 saturated heterocycles. The molecule has 20 heavy (non-hydrogen) atoms. The van der Waals surface area contributed by atoms with Crippen molar-refractivity contribution >= 4 is 5.69 Å². The second kappa shape index (κ2) is 6.50. The third kappa shape index (κ3) is 3.35. The molecule has 0 bridgehead atoms. The van der Waals surface area contributed by atoms with Crippen LogP contribution in [0.3, 0.4) is 0 Å². The summed E-state index contributed by atoms with van der Waals surface area (Å²) in [5.41, 5.74) is 8.84. The van der Waals surface area contributed by atoms with Crippen molar-refractivity contribution < 1.29 is 0 Å². The molecule has 1 aromatic carbocycles. The first-order chi connectivity index (χ1) is 9.59. The van der Waals surface area contributed by atoms with Crippen LogP contribution in [-0.4, -0.2) is 20.2 Å². The molecule has 2 N–H and O–H groups in total. The van der Waals surface area contributed by atoms with Gasteiger partial charge in [-0.25, -0.2) is 4.68 Å². The molecule has 0 aliphatic heterocycles. The molecule has 0 radical (unpaired) electrons. The molecule has 0 spiro atoms. The zero-order valence-corrected chi connectivity index (χ0v) is 12.5. The average molecular weight is 273 g/mol. The van der Waals surface area contributed by atoms with Crippen molar-refractivity contribution in [3.63, 3.8) is 0 Å². The maximum Gasteiger partial charge on any atom is 0.184 e. The number of aryl methyl sites for hydroxylation is 2. The average Bonchev–Trinajstić information content (AvgIpc) is 2.82. The van der Waals surface area contributed by atoms with Gasteiger partial charge in [-0.3, -0.25) is 0 Å². The summed E-state index contributed by atoms with van der Waals surface area (Å²) in [5.74, 6) is 1.51. The number of unbranched alkanes of at least 4 members (excludes halogenated alkanes) is 1. The molecule has 2 rings (SSSR count). The van der Waals surface area contributed by atoms with Crippen molar-refractivity contribution in [2.24, 2.45) is 5.92 Å². The Hall–Kier alpha value is -1.91.